The van der Waals surface area contributed by atoms with Gasteiger partial charge in [0.2, 0.25) is 5.88 Å². The molecule has 3 rings (SSSR count). The van der Waals surface area contributed by atoms with Crippen molar-refractivity contribution in [3.05, 3.63) is 42.4 Å². The predicted octanol–water partition coefficient (Wildman–Crippen LogP) is 0.880. The summed E-state index contributed by atoms with van der Waals surface area (Å²) >= 11 is 0. The van der Waals surface area contributed by atoms with Crippen LogP contribution < -0.4 is 9.64 Å². The summed E-state index contributed by atoms with van der Waals surface area (Å²) in [6.45, 7) is 0.268. The van der Waals surface area contributed by atoms with E-state index < -0.39 is 30.2 Å². The number of ether oxygens (including phenoxy) is 1. The zero-order valence-corrected chi connectivity index (χ0v) is 12.8. The monoisotopic (exact) mass is 356 g/mol. The fourth-order valence-electron chi connectivity index (χ4n) is 2.56. The minimum atomic E-state index is -4.60. The maximum Gasteiger partial charge on any atom is 0.433 e. The molecule has 7 nitrogen and oxygen atoms in total. The van der Waals surface area contributed by atoms with Crippen LogP contribution in [-0.2, 0) is 6.18 Å². The Morgan fingerprint density at radius 1 is 1.12 bits per heavy atom. The summed E-state index contributed by atoms with van der Waals surface area (Å²) < 4.78 is 43.6. The molecule has 0 aromatic carbocycles. The van der Waals surface area contributed by atoms with E-state index in [9.17, 15) is 23.4 Å². The van der Waals surface area contributed by atoms with E-state index in [1.54, 1.807) is 11.0 Å². The van der Waals surface area contributed by atoms with Crippen LogP contribution in [0, 0.1) is 0 Å². The second-order valence-corrected chi connectivity index (χ2v) is 5.58. The number of nitrogens with zero attached hydrogens (tertiary/aromatic N) is 4. The van der Waals surface area contributed by atoms with Gasteiger partial charge in [-0.05, 0) is 12.1 Å². The van der Waals surface area contributed by atoms with Gasteiger partial charge in [-0.2, -0.15) is 23.4 Å². The topological polar surface area (TPSA) is 91.6 Å². The highest BCUT2D eigenvalue weighted by Crippen LogP contribution is 2.29. The van der Waals surface area contributed by atoms with E-state index in [0.29, 0.717) is 5.69 Å². The number of aliphatic hydroxyl groups excluding tert-OH is 2. The molecule has 25 heavy (non-hydrogen) atoms. The second-order valence-electron chi connectivity index (χ2n) is 5.58. The highest BCUT2D eigenvalue weighted by Gasteiger charge is 2.37. The molecule has 1 aliphatic rings. The molecule has 3 atom stereocenters. The number of anilines is 1. The smallest absolute Gasteiger partial charge is 0.433 e. The Morgan fingerprint density at radius 3 is 2.60 bits per heavy atom. The molecule has 0 amide bonds. The molecular formula is C15H15F3N4O3. The molecule has 2 aromatic rings. The first-order valence-electron chi connectivity index (χ1n) is 7.43. The molecule has 0 radical (unpaired) electrons. The Labute approximate surface area is 140 Å². The number of β-amino-alcohol motifs (C(OH)–C–C–N with tert-alkyl or cyclic N) is 1. The summed E-state index contributed by atoms with van der Waals surface area (Å²) in [4.78, 5) is 5.11. The van der Waals surface area contributed by atoms with Crippen LogP contribution in [0.1, 0.15) is 5.69 Å². The standard InChI is InChI=1S/C15H15F3N4O3/c16-15(17,18)12-2-1-3-13(21-12)25-11-8-22(7-10(23)14(11)24)9-4-5-19-20-6-9/h1-6,10-11,14,23-24H,7-8H2/t10-,11-,14-/m0/s1. The highest BCUT2D eigenvalue weighted by molar-refractivity contribution is 5.44. The van der Waals surface area contributed by atoms with Gasteiger partial charge in [-0.25, -0.2) is 4.98 Å². The molecular weight excluding hydrogens is 341 g/mol. The normalized spacial score (nSPS) is 24.2. The van der Waals surface area contributed by atoms with Crippen LogP contribution in [0.4, 0.5) is 18.9 Å². The number of hydrogen-bond donors (Lipinski definition) is 2. The average molecular weight is 356 g/mol. The number of pyridine rings is 1. The molecule has 1 saturated heterocycles. The maximum absolute atomic E-state index is 12.7. The minimum absolute atomic E-state index is 0.128. The molecule has 10 heteroatoms. The van der Waals surface area contributed by atoms with E-state index in [-0.39, 0.29) is 19.0 Å². The molecule has 0 bridgehead atoms. The minimum Gasteiger partial charge on any atom is -0.470 e. The first-order valence-corrected chi connectivity index (χ1v) is 7.43. The first kappa shape index (κ1) is 17.4. The van der Waals surface area contributed by atoms with Crippen molar-refractivity contribution in [1.82, 2.24) is 15.2 Å². The lowest BCUT2D eigenvalue weighted by Gasteiger charge is -2.39. The van der Waals surface area contributed by atoms with Crippen molar-refractivity contribution in [1.29, 1.82) is 0 Å². The third-order valence-corrected chi connectivity index (χ3v) is 3.80. The lowest BCUT2D eigenvalue weighted by molar-refractivity contribution is -0.141. The Morgan fingerprint density at radius 2 is 1.92 bits per heavy atom. The number of hydrogen-bond acceptors (Lipinski definition) is 7. The van der Waals surface area contributed by atoms with E-state index >= 15 is 0 Å². The van der Waals surface area contributed by atoms with Crippen molar-refractivity contribution < 1.29 is 28.1 Å². The quantitative estimate of drug-likeness (QED) is 0.843. The Bertz CT molecular complexity index is 717. The number of aliphatic hydroxyl groups is 2. The molecule has 0 aliphatic carbocycles. The van der Waals surface area contributed by atoms with Gasteiger partial charge in [0, 0.05) is 12.6 Å². The first-order chi connectivity index (χ1) is 11.8. The Kier molecular flexibility index (Phi) is 4.73. The van der Waals surface area contributed by atoms with Gasteiger partial charge in [0.05, 0.1) is 24.6 Å². The van der Waals surface area contributed by atoms with Gasteiger partial charge in [0.25, 0.3) is 0 Å². The van der Waals surface area contributed by atoms with Crippen molar-refractivity contribution >= 4 is 5.69 Å². The number of halogens is 3. The molecule has 0 unspecified atom stereocenters. The van der Waals surface area contributed by atoms with Crippen molar-refractivity contribution in [2.45, 2.75) is 24.5 Å². The van der Waals surface area contributed by atoms with Gasteiger partial charge in [0.1, 0.15) is 24.0 Å². The molecule has 1 aliphatic heterocycles. The molecule has 134 valence electrons. The summed E-state index contributed by atoms with van der Waals surface area (Å²) in [6, 6.07) is 4.92. The van der Waals surface area contributed by atoms with Crippen LogP contribution in [0.3, 0.4) is 0 Å². The zero-order valence-electron chi connectivity index (χ0n) is 12.8. The van der Waals surface area contributed by atoms with Crippen molar-refractivity contribution in [2.75, 3.05) is 18.0 Å². The van der Waals surface area contributed by atoms with Crippen LogP contribution in [-0.4, -0.2) is 56.8 Å². The Hall–Kier alpha value is -2.46. The predicted molar refractivity (Wildman–Crippen MR) is 79.9 cm³/mol. The van der Waals surface area contributed by atoms with Gasteiger partial charge in [-0.15, -0.1) is 0 Å². The largest absolute Gasteiger partial charge is 0.470 e. The third-order valence-electron chi connectivity index (χ3n) is 3.80. The summed E-state index contributed by atoms with van der Waals surface area (Å²) in [5.74, 6) is -0.277. The van der Waals surface area contributed by atoms with Crippen molar-refractivity contribution in [2.24, 2.45) is 0 Å². The number of alkyl halides is 3. The second kappa shape index (κ2) is 6.81. The van der Waals surface area contributed by atoms with Gasteiger partial charge in [-0.3, -0.25) is 0 Å². The SMILES string of the molecule is O[C@@H]1[C@@H](Oc2cccc(C(F)(F)F)n2)CN(c2ccnnc2)C[C@@H]1O. The summed E-state index contributed by atoms with van der Waals surface area (Å²) in [5, 5.41) is 27.5. The lowest BCUT2D eigenvalue weighted by atomic mass is 10.0. The van der Waals surface area contributed by atoms with Gasteiger partial charge in [-0.1, -0.05) is 6.07 Å². The van der Waals surface area contributed by atoms with Gasteiger partial charge >= 0.3 is 6.18 Å². The summed E-state index contributed by atoms with van der Waals surface area (Å²) in [5.41, 5.74) is -0.447. The summed E-state index contributed by atoms with van der Waals surface area (Å²) in [7, 11) is 0. The van der Waals surface area contributed by atoms with Crippen molar-refractivity contribution in [3.8, 4) is 5.88 Å². The fourth-order valence-corrected chi connectivity index (χ4v) is 2.56. The van der Waals surface area contributed by atoms with Gasteiger partial charge < -0.3 is 19.8 Å². The zero-order chi connectivity index (χ0) is 18.0. The molecule has 2 N–H and O–H groups in total. The number of piperidine rings is 1. The molecule has 0 saturated carbocycles. The van der Waals surface area contributed by atoms with E-state index in [0.717, 1.165) is 6.07 Å². The molecule has 2 aromatic heterocycles. The molecule has 1 fully saturated rings. The molecule has 3 heterocycles. The van der Waals surface area contributed by atoms with Crippen LogP contribution in [0.15, 0.2) is 36.7 Å². The third kappa shape index (κ3) is 3.97. The van der Waals surface area contributed by atoms with Gasteiger partial charge in [0.15, 0.2) is 0 Å². The highest BCUT2D eigenvalue weighted by atomic mass is 19.4. The van der Waals surface area contributed by atoms with E-state index in [4.69, 9.17) is 4.74 Å². The van der Waals surface area contributed by atoms with Crippen LogP contribution in [0.2, 0.25) is 0 Å². The lowest BCUT2D eigenvalue weighted by Crippen LogP contribution is -2.57. The summed E-state index contributed by atoms with van der Waals surface area (Å²) in [6.07, 6.45) is -5.02. The Balaban J connectivity index is 1.78. The fraction of sp³-hybridized carbons (Fsp3) is 0.400. The van der Waals surface area contributed by atoms with Crippen molar-refractivity contribution in [3.63, 3.8) is 0 Å². The van der Waals surface area contributed by atoms with E-state index in [1.807, 2.05) is 0 Å². The molecule has 0 spiro atoms. The van der Waals surface area contributed by atoms with E-state index in [1.165, 1.54) is 24.5 Å². The van der Waals surface area contributed by atoms with Crippen LogP contribution in [0.5, 0.6) is 5.88 Å². The average Bonchev–Trinajstić information content (AvgIpc) is 2.59. The van der Waals surface area contributed by atoms with E-state index in [2.05, 4.69) is 15.2 Å². The number of rotatable bonds is 3. The number of aromatic nitrogens is 3. The van der Waals surface area contributed by atoms with Crippen LogP contribution >= 0.6 is 0 Å². The van der Waals surface area contributed by atoms with Crippen LogP contribution in [0.25, 0.3) is 0 Å². The maximum atomic E-state index is 12.7.